The van der Waals surface area contributed by atoms with E-state index in [1.54, 1.807) is 25.5 Å². The number of anilines is 4. The molecule has 9 rings (SSSR count). The van der Waals surface area contributed by atoms with Crippen LogP contribution in [-0.2, 0) is 28.5 Å². The number of fused-ring (bicyclic) bond motifs is 2. The van der Waals surface area contributed by atoms with Crippen molar-refractivity contribution in [3.05, 3.63) is 63.8 Å². The van der Waals surface area contributed by atoms with Gasteiger partial charge in [-0.15, -0.1) is 0 Å². The number of carbonyl (C=O) groups is 3. The number of amides is 3. The predicted octanol–water partition coefficient (Wildman–Crippen LogP) is 2.69. The van der Waals surface area contributed by atoms with Gasteiger partial charge in [-0.1, -0.05) is 23.7 Å². The molecular weight excluding hydrogens is 764 g/mol. The molecule has 18 heteroatoms. The van der Waals surface area contributed by atoms with Crippen LogP contribution >= 0.6 is 11.6 Å². The minimum atomic E-state index is -0.418. The maximum Gasteiger partial charge on any atom is 0.294 e. The van der Waals surface area contributed by atoms with Gasteiger partial charge in [0, 0.05) is 89.6 Å². The summed E-state index contributed by atoms with van der Waals surface area (Å²) in [7, 11) is 5.04. The van der Waals surface area contributed by atoms with Crippen molar-refractivity contribution < 1.29 is 19.1 Å². The van der Waals surface area contributed by atoms with E-state index < -0.39 is 11.5 Å². The number of nitrogens with zero attached hydrogens (tertiary/aromatic N) is 9. The molecule has 3 N–H and O–H groups in total. The number of para-hydroxylation sites is 1. The Morgan fingerprint density at radius 3 is 2.57 bits per heavy atom. The minimum absolute atomic E-state index is 0.0472. The fourth-order valence-corrected chi connectivity index (χ4v) is 9.25. The Kier molecular flexibility index (Phi) is 9.66. The number of aromatic nitrogens is 6. The summed E-state index contributed by atoms with van der Waals surface area (Å²) in [6.07, 6.45) is 6.24. The number of halogens is 1. The molecule has 4 aromatic heterocycles. The number of hydrogen-bond donors (Lipinski definition) is 3. The molecular formula is C40H45ClN12O5. The summed E-state index contributed by atoms with van der Waals surface area (Å²) in [6.45, 7) is 6.60. The summed E-state index contributed by atoms with van der Waals surface area (Å²) in [4.78, 5) is 69.9. The predicted molar refractivity (Wildman–Crippen MR) is 219 cm³/mol. The van der Waals surface area contributed by atoms with E-state index in [9.17, 15) is 19.2 Å². The molecule has 0 saturated carbocycles. The zero-order valence-electron chi connectivity index (χ0n) is 32.6. The number of benzene rings is 1. The average molecular weight is 809 g/mol. The third-order valence-electron chi connectivity index (χ3n) is 12.0. The van der Waals surface area contributed by atoms with Gasteiger partial charge in [0.05, 0.1) is 40.9 Å². The number of rotatable bonds is 10. The lowest BCUT2D eigenvalue weighted by Crippen LogP contribution is -2.72. The van der Waals surface area contributed by atoms with Crippen LogP contribution < -0.4 is 36.0 Å². The summed E-state index contributed by atoms with van der Waals surface area (Å²) in [5.41, 5.74) is 3.85. The maximum absolute atomic E-state index is 12.8. The third-order valence-corrected chi connectivity index (χ3v) is 12.3. The standard InChI is InChI=1S/C40H45ClN12O5/c1-42-32(55)18-58-30-14-24-13-25(15-43-36(24)49(2)38(30)57)45-35-28(41)16-44-39(47-35)53-21-40(22-53)19-51(20-40)17-23-9-11-52(12-10-23)29-6-4-5-26-33(48-50(3)34(26)29)27-7-8-31(54)46-37(27)56/h4-6,13-16,23,27H,7-12,17-22H2,1-3H3,(H,42,55)(H,44,45,47)(H,46,54,56). The van der Waals surface area contributed by atoms with E-state index in [2.05, 4.69) is 46.7 Å². The molecule has 58 heavy (non-hydrogen) atoms. The van der Waals surface area contributed by atoms with Crippen molar-refractivity contribution in [3.63, 3.8) is 0 Å². The van der Waals surface area contributed by atoms with Crippen molar-refractivity contribution in [1.82, 2.24) is 44.8 Å². The van der Waals surface area contributed by atoms with Gasteiger partial charge >= 0.3 is 0 Å². The fourth-order valence-electron chi connectivity index (χ4n) is 9.12. The maximum atomic E-state index is 12.8. The Morgan fingerprint density at radius 1 is 1.02 bits per heavy atom. The van der Waals surface area contributed by atoms with Gasteiger partial charge in [0.15, 0.2) is 18.2 Å². The molecule has 1 aromatic carbocycles. The van der Waals surface area contributed by atoms with Crippen LogP contribution in [0.1, 0.15) is 37.3 Å². The number of hydrogen-bond acceptors (Lipinski definition) is 13. The Balaban J connectivity index is 0.782. The van der Waals surface area contributed by atoms with Crippen LogP contribution in [0, 0.1) is 11.3 Å². The number of likely N-dealkylation sites (tertiary alicyclic amines) is 1. The van der Waals surface area contributed by atoms with E-state index >= 15 is 0 Å². The fraction of sp³-hybridized carbons (Fsp3) is 0.450. The van der Waals surface area contributed by atoms with Crippen LogP contribution in [0.15, 0.2) is 47.5 Å². The van der Waals surface area contributed by atoms with Crippen molar-refractivity contribution in [2.45, 2.75) is 31.6 Å². The van der Waals surface area contributed by atoms with E-state index in [1.807, 2.05) is 29.9 Å². The number of pyridine rings is 2. The highest BCUT2D eigenvalue weighted by atomic mass is 35.5. The van der Waals surface area contributed by atoms with Crippen molar-refractivity contribution in [2.24, 2.45) is 25.4 Å². The van der Waals surface area contributed by atoms with Crippen LogP contribution in [0.25, 0.3) is 21.9 Å². The molecule has 8 heterocycles. The monoisotopic (exact) mass is 808 g/mol. The van der Waals surface area contributed by atoms with E-state index in [1.165, 1.54) is 11.6 Å². The first kappa shape index (κ1) is 37.7. The Labute approximate surface area is 338 Å². The molecule has 5 aromatic rings. The summed E-state index contributed by atoms with van der Waals surface area (Å²) < 4.78 is 8.76. The smallest absolute Gasteiger partial charge is 0.294 e. The molecule has 4 aliphatic heterocycles. The SMILES string of the molecule is CNC(=O)COc1cc2cc(Nc3nc(N4CC5(CN(CC6CCN(c7cccc8c(C9CCC(=O)NC9=O)nn(C)c78)CC6)C5)C4)ncc3Cl)cnc2n(C)c1=O. The zero-order valence-corrected chi connectivity index (χ0v) is 33.4. The van der Waals surface area contributed by atoms with Crippen molar-refractivity contribution in [2.75, 3.05) is 74.6 Å². The van der Waals surface area contributed by atoms with Gasteiger partial charge in [-0.2, -0.15) is 10.1 Å². The third kappa shape index (κ3) is 6.95. The number of aryl methyl sites for hydroxylation is 2. The van der Waals surface area contributed by atoms with Crippen LogP contribution in [0.4, 0.5) is 23.1 Å². The quantitative estimate of drug-likeness (QED) is 0.175. The van der Waals surface area contributed by atoms with Gasteiger partial charge in [0.2, 0.25) is 17.8 Å². The van der Waals surface area contributed by atoms with Crippen molar-refractivity contribution in [1.29, 1.82) is 0 Å². The molecule has 17 nitrogen and oxygen atoms in total. The van der Waals surface area contributed by atoms with E-state index in [0.717, 1.165) is 80.9 Å². The number of carbonyl (C=O) groups excluding carboxylic acids is 3. The van der Waals surface area contributed by atoms with E-state index in [4.69, 9.17) is 26.4 Å². The molecule has 1 atom stereocenters. The van der Waals surface area contributed by atoms with Gasteiger partial charge in [-0.05, 0) is 43.4 Å². The number of ether oxygens (including phenoxy) is 1. The average Bonchev–Trinajstić information content (AvgIpc) is 3.53. The molecule has 4 fully saturated rings. The van der Waals surface area contributed by atoms with E-state index in [0.29, 0.717) is 52.3 Å². The Bertz CT molecular complexity index is 2520. The summed E-state index contributed by atoms with van der Waals surface area (Å²) in [5, 5.41) is 15.0. The second kappa shape index (κ2) is 14.8. The summed E-state index contributed by atoms with van der Waals surface area (Å²) in [6, 6.07) is 9.63. The molecule has 0 radical (unpaired) electrons. The highest BCUT2D eigenvalue weighted by Crippen LogP contribution is 2.43. The lowest BCUT2D eigenvalue weighted by Gasteiger charge is -2.61. The Hall–Kier alpha value is -5.81. The van der Waals surface area contributed by atoms with Crippen molar-refractivity contribution in [3.8, 4) is 5.75 Å². The molecule has 1 unspecified atom stereocenters. The summed E-state index contributed by atoms with van der Waals surface area (Å²) in [5.74, 6) is 0.485. The van der Waals surface area contributed by atoms with Crippen LogP contribution in [0.2, 0.25) is 5.02 Å². The summed E-state index contributed by atoms with van der Waals surface area (Å²) >= 11 is 6.54. The highest BCUT2D eigenvalue weighted by molar-refractivity contribution is 6.33. The number of nitrogens with one attached hydrogen (secondary N) is 3. The second-order valence-corrected chi connectivity index (χ2v) is 16.5. The van der Waals surface area contributed by atoms with Gasteiger partial charge in [0.1, 0.15) is 10.7 Å². The molecule has 4 saturated heterocycles. The topological polar surface area (TPSA) is 185 Å². The van der Waals surface area contributed by atoms with Crippen molar-refractivity contribution >= 4 is 74.4 Å². The first-order chi connectivity index (χ1) is 28.0. The zero-order chi connectivity index (χ0) is 40.3. The first-order valence-corrected chi connectivity index (χ1v) is 20.0. The minimum Gasteiger partial charge on any atom is -0.478 e. The van der Waals surface area contributed by atoms with Crippen LogP contribution in [0.3, 0.4) is 0 Å². The Morgan fingerprint density at radius 2 is 1.81 bits per heavy atom. The van der Waals surface area contributed by atoms with E-state index in [-0.39, 0.29) is 35.5 Å². The van der Waals surface area contributed by atoms with Gasteiger partial charge in [-0.25, -0.2) is 9.97 Å². The van der Waals surface area contributed by atoms with Gasteiger partial charge in [-0.3, -0.25) is 33.7 Å². The lowest BCUT2D eigenvalue weighted by molar-refractivity contribution is -0.134. The second-order valence-electron chi connectivity index (χ2n) is 16.1. The number of likely N-dealkylation sites (N-methyl/N-ethyl adjacent to an activating group) is 1. The number of piperidine rings is 2. The van der Waals surface area contributed by atoms with Gasteiger partial charge < -0.3 is 30.1 Å². The first-order valence-electron chi connectivity index (χ1n) is 19.6. The molecule has 0 aliphatic carbocycles. The normalized spacial score (nSPS) is 19.6. The van der Waals surface area contributed by atoms with Crippen LogP contribution in [-0.4, -0.2) is 111 Å². The molecule has 0 bridgehead atoms. The lowest BCUT2D eigenvalue weighted by atomic mass is 9.72. The molecule has 3 amide bonds. The largest absolute Gasteiger partial charge is 0.478 e. The number of imide groups is 1. The molecule has 302 valence electrons. The van der Waals surface area contributed by atoms with Gasteiger partial charge in [0.25, 0.3) is 11.5 Å². The molecule has 1 spiro atoms. The van der Waals surface area contributed by atoms with Crippen LogP contribution in [0.5, 0.6) is 5.75 Å². The highest BCUT2D eigenvalue weighted by Gasteiger charge is 2.52. The molecule has 4 aliphatic rings.